The van der Waals surface area contributed by atoms with Crippen LogP contribution in [0.3, 0.4) is 0 Å². The number of nitrogens with zero attached hydrogens (tertiary/aromatic N) is 3. The Balaban J connectivity index is 1.43. The Morgan fingerprint density at radius 3 is 2.61 bits per heavy atom. The van der Waals surface area contributed by atoms with Crippen LogP contribution in [0.1, 0.15) is 24.2 Å². The van der Waals surface area contributed by atoms with E-state index in [9.17, 15) is 4.79 Å². The van der Waals surface area contributed by atoms with Gasteiger partial charge in [-0.3, -0.25) is 4.79 Å². The van der Waals surface area contributed by atoms with Crippen LogP contribution in [0.4, 0.5) is 5.13 Å². The highest BCUT2D eigenvalue weighted by Crippen LogP contribution is 2.33. The van der Waals surface area contributed by atoms with Crippen LogP contribution < -0.4 is 4.90 Å². The fraction of sp³-hybridized carbons (Fsp3) is 0.333. The van der Waals surface area contributed by atoms with Crippen LogP contribution in [-0.2, 0) is 0 Å². The zero-order chi connectivity index (χ0) is 19.7. The highest BCUT2D eigenvalue weighted by atomic mass is 35.5. The largest absolute Gasteiger partial charge is 0.345 e. The smallest absolute Gasteiger partial charge is 0.254 e. The van der Waals surface area contributed by atoms with Gasteiger partial charge in [0.1, 0.15) is 5.52 Å². The summed E-state index contributed by atoms with van der Waals surface area (Å²) in [6.07, 6.45) is 0. The van der Waals surface area contributed by atoms with Crippen LogP contribution in [0.15, 0.2) is 47.4 Å². The zero-order valence-electron chi connectivity index (χ0n) is 15.9. The maximum Gasteiger partial charge on any atom is 0.254 e. The number of thiazole rings is 1. The summed E-state index contributed by atoms with van der Waals surface area (Å²) in [6.45, 7) is 7.28. The number of amides is 1. The highest BCUT2D eigenvalue weighted by Gasteiger charge is 2.24. The van der Waals surface area contributed by atoms with Crippen molar-refractivity contribution in [2.24, 2.45) is 0 Å². The summed E-state index contributed by atoms with van der Waals surface area (Å²) in [7, 11) is 0. The van der Waals surface area contributed by atoms with Crippen LogP contribution in [0.5, 0.6) is 0 Å². The third-order valence-electron chi connectivity index (χ3n) is 4.65. The van der Waals surface area contributed by atoms with Crippen LogP contribution >= 0.6 is 34.7 Å². The van der Waals surface area contributed by atoms with Crippen molar-refractivity contribution < 1.29 is 4.79 Å². The van der Waals surface area contributed by atoms with Crippen molar-refractivity contribution in [1.82, 2.24) is 9.88 Å². The van der Waals surface area contributed by atoms with Crippen molar-refractivity contribution in [1.29, 1.82) is 0 Å². The third-order valence-corrected chi connectivity index (χ3v) is 7.03. The molecule has 0 N–H and O–H groups in total. The molecule has 0 aliphatic carbocycles. The number of halogens is 1. The molecule has 28 heavy (non-hydrogen) atoms. The number of carbonyl (C=O) groups is 1. The van der Waals surface area contributed by atoms with Gasteiger partial charge in [-0.15, -0.1) is 11.8 Å². The molecule has 1 amide bonds. The van der Waals surface area contributed by atoms with Gasteiger partial charge in [0.15, 0.2) is 5.13 Å². The Hall–Kier alpha value is -1.76. The van der Waals surface area contributed by atoms with Crippen LogP contribution in [0.2, 0.25) is 5.02 Å². The topological polar surface area (TPSA) is 36.4 Å². The van der Waals surface area contributed by atoms with E-state index in [1.165, 1.54) is 0 Å². The van der Waals surface area contributed by atoms with Gasteiger partial charge < -0.3 is 9.80 Å². The van der Waals surface area contributed by atoms with Gasteiger partial charge in [-0.1, -0.05) is 48.9 Å². The van der Waals surface area contributed by atoms with E-state index in [0.717, 1.165) is 38.9 Å². The molecular formula is C21H22ClN3OS2. The van der Waals surface area contributed by atoms with E-state index in [1.807, 2.05) is 41.3 Å². The van der Waals surface area contributed by atoms with Gasteiger partial charge in [-0.05, 0) is 30.3 Å². The summed E-state index contributed by atoms with van der Waals surface area (Å²) in [5, 5.41) is 2.16. The maximum atomic E-state index is 12.9. The van der Waals surface area contributed by atoms with Crippen molar-refractivity contribution >= 4 is 56.0 Å². The first kappa shape index (κ1) is 19.6. The quantitative estimate of drug-likeness (QED) is 0.517. The number of hydrogen-bond acceptors (Lipinski definition) is 5. The molecule has 1 aromatic heterocycles. The summed E-state index contributed by atoms with van der Waals surface area (Å²) >= 11 is 9.69. The van der Waals surface area contributed by atoms with Gasteiger partial charge in [0.05, 0.1) is 9.72 Å². The Morgan fingerprint density at radius 1 is 1.14 bits per heavy atom. The van der Waals surface area contributed by atoms with Crippen molar-refractivity contribution in [2.45, 2.75) is 24.0 Å². The van der Waals surface area contributed by atoms with Crippen LogP contribution in [0.25, 0.3) is 10.2 Å². The van der Waals surface area contributed by atoms with Gasteiger partial charge in [0.25, 0.3) is 5.91 Å². The second-order valence-electron chi connectivity index (χ2n) is 7.06. The summed E-state index contributed by atoms with van der Waals surface area (Å²) in [4.78, 5) is 23.0. The summed E-state index contributed by atoms with van der Waals surface area (Å²) < 4.78 is 1.10. The molecule has 1 saturated heterocycles. The molecule has 1 fully saturated rings. The van der Waals surface area contributed by atoms with Crippen molar-refractivity contribution in [3.05, 3.63) is 53.1 Å². The number of hydrogen-bond donors (Lipinski definition) is 0. The second kappa shape index (κ2) is 8.31. The van der Waals surface area contributed by atoms with Crippen LogP contribution in [-0.4, -0.2) is 47.2 Å². The molecule has 1 aliphatic heterocycles. The fourth-order valence-electron chi connectivity index (χ4n) is 3.30. The van der Waals surface area contributed by atoms with Gasteiger partial charge in [0, 0.05) is 41.9 Å². The van der Waals surface area contributed by atoms with Crippen molar-refractivity contribution in [2.75, 3.05) is 31.1 Å². The average molecular weight is 432 g/mol. The maximum absolute atomic E-state index is 12.9. The minimum Gasteiger partial charge on any atom is -0.345 e. The number of aromatic nitrogens is 1. The minimum absolute atomic E-state index is 0.109. The molecule has 4 nitrogen and oxygen atoms in total. The Morgan fingerprint density at radius 2 is 1.89 bits per heavy atom. The van der Waals surface area contributed by atoms with Gasteiger partial charge in [-0.2, -0.15) is 0 Å². The fourth-order valence-corrected chi connectivity index (χ4v) is 5.51. The van der Waals surface area contributed by atoms with Crippen molar-refractivity contribution in [3.8, 4) is 0 Å². The summed E-state index contributed by atoms with van der Waals surface area (Å²) in [5.41, 5.74) is 1.63. The standard InChI is InChI=1S/C21H22ClN3OS2/c1-14(2)27-16-6-3-5-15(13-16)20(26)24-9-11-25(12-10-24)21-23-19-17(22)7-4-8-18(19)28-21/h3-8,13-14H,9-12H2,1-2H3. The molecular weight excluding hydrogens is 410 g/mol. The molecule has 2 aromatic carbocycles. The third kappa shape index (κ3) is 4.14. The second-order valence-corrected chi connectivity index (χ2v) is 10.1. The van der Waals surface area contributed by atoms with Gasteiger partial charge in [-0.25, -0.2) is 4.98 Å². The number of thioether (sulfide) groups is 1. The van der Waals surface area contributed by atoms with E-state index in [0.29, 0.717) is 23.4 Å². The lowest BCUT2D eigenvalue weighted by Gasteiger charge is -2.34. The molecule has 0 radical (unpaired) electrons. The predicted molar refractivity (Wildman–Crippen MR) is 120 cm³/mol. The number of anilines is 1. The summed E-state index contributed by atoms with van der Waals surface area (Å²) in [6, 6.07) is 13.8. The van der Waals surface area contributed by atoms with Crippen LogP contribution in [0, 0.1) is 0 Å². The first-order valence-corrected chi connectivity index (χ1v) is 11.4. The van der Waals surface area contributed by atoms with Crippen molar-refractivity contribution in [3.63, 3.8) is 0 Å². The Labute approximate surface area is 178 Å². The van der Waals surface area contributed by atoms with Gasteiger partial charge >= 0.3 is 0 Å². The predicted octanol–water partition coefficient (Wildman–Crippen LogP) is 5.41. The van der Waals surface area contributed by atoms with E-state index < -0.39 is 0 Å². The molecule has 0 bridgehead atoms. The number of piperazine rings is 1. The lowest BCUT2D eigenvalue weighted by Crippen LogP contribution is -2.48. The molecule has 0 atom stereocenters. The first-order chi connectivity index (χ1) is 13.5. The SMILES string of the molecule is CC(C)Sc1cccc(C(=O)N2CCN(c3nc4c(Cl)cccc4s3)CC2)c1. The highest BCUT2D eigenvalue weighted by molar-refractivity contribution is 7.99. The Kier molecular flexibility index (Phi) is 5.80. The lowest BCUT2D eigenvalue weighted by atomic mass is 10.2. The van der Waals surface area contributed by atoms with E-state index in [1.54, 1.807) is 23.1 Å². The Bertz CT molecular complexity index is 996. The number of fused-ring (bicyclic) bond motifs is 1. The van der Waals surface area contributed by atoms with E-state index >= 15 is 0 Å². The van der Waals surface area contributed by atoms with Gasteiger partial charge in [0.2, 0.25) is 0 Å². The molecule has 0 saturated carbocycles. The normalized spacial score (nSPS) is 14.9. The molecule has 0 spiro atoms. The molecule has 4 rings (SSSR count). The number of benzene rings is 2. The molecule has 1 aliphatic rings. The minimum atomic E-state index is 0.109. The molecule has 146 valence electrons. The molecule has 3 aromatic rings. The van der Waals surface area contributed by atoms with E-state index in [-0.39, 0.29) is 5.91 Å². The van der Waals surface area contributed by atoms with E-state index in [2.05, 4.69) is 24.8 Å². The summed E-state index contributed by atoms with van der Waals surface area (Å²) in [5.74, 6) is 0.109. The molecule has 2 heterocycles. The zero-order valence-corrected chi connectivity index (χ0v) is 18.3. The molecule has 0 unspecified atom stereocenters. The number of para-hydroxylation sites is 1. The number of carbonyl (C=O) groups excluding carboxylic acids is 1. The average Bonchev–Trinajstić information content (AvgIpc) is 3.13. The monoisotopic (exact) mass is 431 g/mol. The van der Waals surface area contributed by atoms with E-state index in [4.69, 9.17) is 16.6 Å². The lowest BCUT2D eigenvalue weighted by molar-refractivity contribution is 0.0746. The number of rotatable bonds is 4. The first-order valence-electron chi connectivity index (χ1n) is 9.37. The molecule has 7 heteroatoms.